The summed E-state index contributed by atoms with van der Waals surface area (Å²) in [5, 5.41) is 0. The van der Waals surface area contributed by atoms with Crippen LogP contribution in [-0.2, 0) is 0 Å². The Hall–Kier alpha value is -2.48. The molecule has 0 saturated carbocycles. The predicted molar refractivity (Wildman–Crippen MR) is 91.6 cm³/mol. The molecule has 0 unspecified atom stereocenters. The zero-order chi connectivity index (χ0) is 14.8. The Kier molecular flexibility index (Phi) is 3.53. The van der Waals surface area contributed by atoms with E-state index in [1.807, 2.05) is 24.3 Å². The van der Waals surface area contributed by atoms with Crippen LogP contribution in [0, 0.1) is 6.92 Å². The third kappa shape index (κ3) is 2.70. The fraction of sp³-hybridized carbons (Fsp3) is 0.158. The first kappa shape index (κ1) is 13.5. The molecule has 21 heavy (non-hydrogen) atoms. The van der Waals surface area contributed by atoms with Crippen LogP contribution in [0.25, 0.3) is 11.1 Å². The van der Waals surface area contributed by atoms with Crippen molar-refractivity contribution in [2.45, 2.75) is 19.8 Å². The lowest BCUT2D eigenvalue weighted by Gasteiger charge is -2.18. The summed E-state index contributed by atoms with van der Waals surface area (Å²) in [6, 6.07) is 14.2. The van der Waals surface area contributed by atoms with E-state index in [1.165, 1.54) is 27.8 Å². The second-order valence-corrected chi connectivity index (χ2v) is 5.54. The van der Waals surface area contributed by atoms with Crippen molar-refractivity contribution in [1.29, 1.82) is 0 Å². The Labute approximate surface area is 125 Å². The Balaban J connectivity index is 1.94. The van der Waals surface area contributed by atoms with E-state index in [1.54, 1.807) is 0 Å². The van der Waals surface area contributed by atoms with Gasteiger partial charge in [0.25, 0.3) is 0 Å². The highest BCUT2D eigenvalue weighted by Gasteiger charge is 2.13. The average molecular weight is 276 g/mol. The van der Waals surface area contributed by atoms with E-state index in [-0.39, 0.29) is 0 Å². The number of nitrogens with two attached hydrogens (primary N) is 2. The zero-order valence-electron chi connectivity index (χ0n) is 12.3. The van der Waals surface area contributed by atoms with E-state index in [0.717, 1.165) is 24.2 Å². The number of nitrogen functional groups attached to an aromatic ring is 2. The minimum atomic E-state index is 0.805. The second-order valence-electron chi connectivity index (χ2n) is 5.54. The van der Waals surface area contributed by atoms with Crippen molar-refractivity contribution in [2.24, 2.45) is 0 Å². The average Bonchev–Trinajstić information content (AvgIpc) is 2.49. The van der Waals surface area contributed by atoms with Crippen molar-refractivity contribution < 1.29 is 0 Å². The fourth-order valence-corrected chi connectivity index (χ4v) is 2.91. The van der Waals surface area contributed by atoms with Crippen LogP contribution in [0.15, 0.2) is 54.6 Å². The molecule has 0 atom stereocenters. The molecule has 106 valence electrons. The molecule has 0 aromatic heterocycles. The van der Waals surface area contributed by atoms with Crippen LogP contribution < -0.4 is 11.5 Å². The first-order valence-corrected chi connectivity index (χ1v) is 7.26. The minimum absolute atomic E-state index is 0.805. The van der Waals surface area contributed by atoms with Crippen molar-refractivity contribution in [2.75, 3.05) is 11.5 Å². The van der Waals surface area contributed by atoms with Crippen molar-refractivity contribution in [3.63, 3.8) is 0 Å². The predicted octanol–water partition coefficient (Wildman–Crippen LogP) is 4.42. The maximum atomic E-state index is 6.14. The number of rotatable bonds is 2. The smallest absolute Gasteiger partial charge is 0.0393 e. The van der Waals surface area contributed by atoms with Gasteiger partial charge in [-0.2, -0.15) is 0 Å². The molecular weight excluding hydrogens is 256 g/mol. The lowest BCUT2D eigenvalue weighted by molar-refractivity contribution is 1.07. The number of benzene rings is 2. The summed E-state index contributed by atoms with van der Waals surface area (Å²) < 4.78 is 0. The number of allylic oxidation sites excluding steroid dienone is 4. The van der Waals surface area contributed by atoms with E-state index < -0.39 is 0 Å². The van der Waals surface area contributed by atoms with Crippen LogP contribution in [0.5, 0.6) is 0 Å². The molecule has 1 aliphatic rings. The fourth-order valence-electron chi connectivity index (χ4n) is 2.91. The normalized spacial score (nSPS) is 14.5. The molecule has 2 aromatic rings. The summed E-state index contributed by atoms with van der Waals surface area (Å²) in [7, 11) is 0. The van der Waals surface area contributed by atoms with Crippen LogP contribution in [-0.4, -0.2) is 0 Å². The highest BCUT2D eigenvalue weighted by Crippen LogP contribution is 2.35. The van der Waals surface area contributed by atoms with Crippen LogP contribution in [0.3, 0.4) is 0 Å². The summed E-state index contributed by atoms with van der Waals surface area (Å²) in [5.74, 6) is 0. The molecule has 3 rings (SSSR count). The number of hydrogen-bond acceptors (Lipinski definition) is 2. The van der Waals surface area contributed by atoms with Crippen LogP contribution >= 0.6 is 0 Å². The third-order valence-corrected chi connectivity index (χ3v) is 4.06. The molecule has 0 amide bonds. The van der Waals surface area contributed by atoms with Gasteiger partial charge in [-0.25, -0.2) is 0 Å². The number of aryl methyl sites for hydroxylation is 1. The molecule has 0 aliphatic heterocycles. The van der Waals surface area contributed by atoms with Crippen LogP contribution in [0.1, 0.15) is 29.5 Å². The van der Waals surface area contributed by atoms with Gasteiger partial charge in [-0.05, 0) is 60.2 Å². The summed E-state index contributed by atoms with van der Waals surface area (Å²) in [4.78, 5) is 0. The van der Waals surface area contributed by atoms with Crippen molar-refractivity contribution in [1.82, 2.24) is 0 Å². The largest absolute Gasteiger partial charge is 0.399 e. The first-order valence-electron chi connectivity index (χ1n) is 7.26. The van der Waals surface area contributed by atoms with E-state index in [9.17, 15) is 0 Å². The Bertz CT molecular complexity index is 701. The van der Waals surface area contributed by atoms with Crippen molar-refractivity contribution >= 4 is 22.5 Å². The van der Waals surface area contributed by atoms with Gasteiger partial charge in [-0.15, -0.1) is 0 Å². The van der Waals surface area contributed by atoms with Gasteiger partial charge in [0, 0.05) is 16.9 Å². The second kappa shape index (κ2) is 5.49. The summed E-state index contributed by atoms with van der Waals surface area (Å²) in [5.41, 5.74) is 19.9. The molecule has 2 heteroatoms. The van der Waals surface area contributed by atoms with Crippen molar-refractivity contribution in [3.8, 4) is 0 Å². The van der Waals surface area contributed by atoms with Gasteiger partial charge in [0.05, 0.1) is 0 Å². The molecule has 0 heterocycles. The molecule has 1 aliphatic carbocycles. The molecule has 0 saturated heterocycles. The lowest BCUT2D eigenvalue weighted by Crippen LogP contribution is -2.00. The molecule has 2 nitrogen and oxygen atoms in total. The Morgan fingerprint density at radius 2 is 1.48 bits per heavy atom. The molecule has 2 aromatic carbocycles. The highest BCUT2D eigenvalue weighted by molar-refractivity contribution is 5.83. The molecule has 0 radical (unpaired) electrons. The standard InChI is InChI=1S/C19H20N2/c1-13-3-2-4-18(21)19(13)16-7-5-14(6-8-16)15-9-11-17(20)12-10-15/h2-5,7,9-12H,6,8,20-21H2,1H3. The lowest BCUT2D eigenvalue weighted by atomic mass is 9.88. The van der Waals surface area contributed by atoms with Gasteiger partial charge in [0.2, 0.25) is 0 Å². The maximum absolute atomic E-state index is 6.14. The monoisotopic (exact) mass is 276 g/mol. The minimum Gasteiger partial charge on any atom is -0.399 e. The number of hydrogen-bond donors (Lipinski definition) is 2. The molecular formula is C19H20N2. The third-order valence-electron chi connectivity index (χ3n) is 4.06. The SMILES string of the molecule is Cc1cccc(N)c1C1=CC=C(c2ccc(N)cc2)CC1. The topological polar surface area (TPSA) is 52.0 Å². The van der Waals surface area contributed by atoms with E-state index in [0.29, 0.717) is 0 Å². The molecule has 0 spiro atoms. The van der Waals surface area contributed by atoms with Crippen LogP contribution in [0.4, 0.5) is 11.4 Å². The quantitative estimate of drug-likeness (QED) is 0.798. The van der Waals surface area contributed by atoms with Gasteiger partial charge in [0.15, 0.2) is 0 Å². The maximum Gasteiger partial charge on any atom is 0.0393 e. The van der Waals surface area contributed by atoms with Gasteiger partial charge in [-0.3, -0.25) is 0 Å². The van der Waals surface area contributed by atoms with Gasteiger partial charge < -0.3 is 11.5 Å². The molecule has 0 fully saturated rings. The summed E-state index contributed by atoms with van der Waals surface area (Å²) in [6.07, 6.45) is 6.46. The first-order chi connectivity index (χ1) is 10.1. The van der Waals surface area contributed by atoms with Gasteiger partial charge in [0.1, 0.15) is 0 Å². The van der Waals surface area contributed by atoms with Crippen LogP contribution in [0.2, 0.25) is 0 Å². The van der Waals surface area contributed by atoms with Crippen molar-refractivity contribution in [3.05, 3.63) is 71.3 Å². The summed E-state index contributed by atoms with van der Waals surface area (Å²) in [6.45, 7) is 2.12. The van der Waals surface area contributed by atoms with E-state index >= 15 is 0 Å². The molecule has 4 N–H and O–H groups in total. The Morgan fingerprint density at radius 3 is 2.10 bits per heavy atom. The highest BCUT2D eigenvalue weighted by atomic mass is 14.6. The van der Waals surface area contributed by atoms with E-state index in [4.69, 9.17) is 11.5 Å². The molecule has 0 bridgehead atoms. The van der Waals surface area contributed by atoms with E-state index in [2.05, 4.69) is 37.3 Å². The Morgan fingerprint density at radius 1 is 0.810 bits per heavy atom. The van der Waals surface area contributed by atoms with Gasteiger partial charge >= 0.3 is 0 Å². The number of anilines is 2. The van der Waals surface area contributed by atoms with Gasteiger partial charge in [-0.1, -0.05) is 36.4 Å². The zero-order valence-corrected chi connectivity index (χ0v) is 12.3. The summed E-state index contributed by atoms with van der Waals surface area (Å²) >= 11 is 0.